The Hall–Kier alpha value is -0.490. The smallest absolute Gasteiger partial charge is 0.109 e. The zero-order valence-corrected chi connectivity index (χ0v) is 12.1. The Morgan fingerprint density at radius 3 is 3.17 bits per heavy atom. The van der Waals surface area contributed by atoms with E-state index < -0.39 is 0 Å². The van der Waals surface area contributed by atoms with Crippen molar-refractivity contribution in [1.82, 2.24) is 9.88 Å². The number of aromatic nitrogens is 1. The largest absolute Gasteiger partial charge is 0.377 e. The molecule has 2 unspecified atom stereocenters. The van der Waals surface area contributed by atoms with E-state index in [1.54, 1.807) is 11.3 Å². The number of piperidine rings is 1. The Balaban J connectivity index is 1.87. The first kappa shape index (κ1) is 13.9. The molecule has 0 amide bonds. The van der Waals surface area contributed by atoms with Gasteiger partial charge in [-0.15, -0.1) is 11.3 Å². The maximum absolute atomic E-state index is 5.84. The SMILES string of the molecule is CCOC1CCCN(Cc2csc(C(C)N)n2)C1. The maximum Gasteiger partial charge on any atom is 0.109 e. The summed E-state index contributed by atoms with van der Waals surface area (Å²) in [4.78, 5) is 7.02. The van der Waals surface area contributed by atoms with Crippen molar-refractivity contribution in [2.45, 2.75) is 45.4 Å². The van der Waals surface area contributed by atoms with Crippen LogP contribution in [0.25, 0.3) is 0 Å². The molecule has 1 aromatic rings. The van der Waals surface area contributed by atoms with Gasteiger partial charge in [0.2, 0.25) is 0 Å². The molecule has 1 aliphatic rings. The third kappa shape index (κ3) is 3.75. The summed E-state index contributed by atoms with van der Waals surface area (Å²) in [6, 6.07) is 0.0429. The number of nitrogens with two attached hydrogens (primary N) is 1. The molecular weight excluding hydrogens is 246 g/mol. The molecule has 2 heterocycles. The standard InChI is InChI=1S/C13H23N3OS/c1-3-17-12-5-4-6-16(8-12)7-11-9-18-13(15-11)10(2)14/h9-10,12H,3-8,14H2,1-2H3. The summed E-state index contributed by atoms with van der Waals surface area (Å²) in [5, 5.41) is 3.16. The highest BCUT2D eigenvalue weighted by Crippen LogP contribution is 2.19. The van der Waals surface area contributed by atoms with E-state index in [1.807, 2.05) is 6.92 Å². The second kappa shape index (κ2) is 6.61. The Morgan fingerprint density at radius 2 is 2.50 bits per heavy atom. The molecule has 2 rings (SSSR count). The molecule has 1 fully saturated rings. The highest BCUT2D eigenvalue weighted by Gasteiger charge is 2.20. The summed E-state index contributed by atoms with van der Waals surface area (Å²) in [7, 11) is 0. The Bertz CT molecular complexity index is 365. The lowest BCUT2D eigenvalue weighted by Gasteiger charge is -2.31. The first-order chi connectivity index (χ1) is 8.69. The Labute approximate surface area is 113 Å². The van der Waals surface area contributed by atoms with Crippen molar-refractivity contribution in [2.75, 3.05) is 19.7 Å². The van der Waals surface area contributed by atoms with Crippen LogP contribution in [-0.2, 0) is 11.3 Å². The zero-order chi connectivity index (χ0) is 13.0. The molecule has 102 valence electrons. The summed E-state index contributed by atoms with van der Waals surface area (Å²) in [6.45, 7) is 7.95. The van der Waals surface area contributed by atoms with Gasteiger partial charge in [0.25, 0.3) is 0 Å². The molecule has 4 nitrogen and oxygen atoms in total. The van der Waals surface area contributed by atoms with Crippen molar-refractivity contribution in [3.63, 3.8) is 0 Å². The Morgan fingerprint density at radius 1 is 1.67 bits per heavy atom. The van der Waals surface area contributed by atoms with Gasteiger partial charge in [-0.25, -0.2) is 4.98 Å². The van der Waals surface area contributed by atoms with Crippen molar-refractivity contribution in [1.29, 1.82) is 0 Å². The van der Waals surface area contributed by atoms with Gasteiger partial charge in [-0.2, -0.15) is 0 Å². The van der Waals surface area contributed by atoms with E-state index in [0.717, 1.165) is 36.9 Å². The van der Waals surface area contributed by atoms with E-state index in [-0.39, 0.29) is 6.04 Å². The number of thiazole rings is 1. The van der Waals surface area contributed by atoms with E-state index in [9.17, 15) is 0 Å². The molecule has 0 aromatic carbocycles. The molecule has 0 bridgehead atoms. The average molecular weight is 269 g/mol. The van der Waals surface area contributed by atoms with Crippen LogP contribution in [-0.4, -0.2) is 35.7 Å². The molecule has 1 aliphatic heterocycles. The maximum atomic E-state index is 5.84. The number of hydrogen-bond acceptors (Lipinski definition) is 5. The molecule has 1 saturated heterocycles. The molecular formula is C13H23N3OS. The first-order valence-electron chi connectivity index (χ1n) is 6.73. The molecule has 0 spiro atoms. The molecule has 2 N–H and O–H groups in total. The van der Waals surface area contributed by atoms with Crippen LogP contribution in [0.2, 0.25) is 0 Å². The molecule has 0 aliphatic carbocycles. The molecule has 5 heteroatoms. The second-order valence-corrected chi connectivity index (χ2v) is 5.81. The number of rotatable bonds is 5. The molecule has 18 heavy (non-hydrogen) atoms. The van der Waals surface area contributed by atoms with Crippen LogP contribution in [0.3, 0.4) is 0 Å². The van der Waals surface area contributed by atoms with Gasteiger partial charge in [0.05, 0.1) is 17.8 Å². The van der Waals surface area contributed by atoms with Gasteiger partial charge >= 0.3 is 0 Å². The van der Waals surface area contributed by atoms with Gasteiger partial charge < -0.3 is 10.5 Å². The van der Waals surface area contributed by atoms with Crippen molar-refractivity contribution in [3.8, 4) is 0 Å². The van der Waals surface area contributed by atoms with Crippen LogP contribution in [0.1, 0.15) is 43.4 Å². The summed E-state index contributed by atoms with van der Waals surface area (Å²) >= 11 is 1.66. The topological polar surface area (TPSA) is 51.4 Å². The number of ether oxygens (including phenoxy) is 1. The third-order valence-corrected chi connectivity index (χ3v) is 4.30. The fourth-order valence-electron chi connectivity index (χ4n) is 2.36. The monoisotopic (exact) mass is 269 g/mol. The molecule has 1 aromatic heterocycles. The minimum atomic E-state index is 0.0429. The van der Waals surface area contributed by atoms with Crippen LogP contribution >= 0.6 is 11.3 Å². The summed E-state index contributed by atoms with van der Waals surface area (Å²) in [5.74, 6) is 0. The van der Waals surface area contributed by atoms with Crippen LogP contribution in [0.15, 0.2) is 5.38 Å². The summed E-state index contributed by atoms with van der Waals surface area (Å²) in [6.07, 6.45) is 2.80. The zero-order valence-electron chi connectivity index (χ0n) is 11.3. The van der Waals surface area contributed by atoms with Gasteiger partial charge in [-0.05, 0) is 33.2 Å². The van der Waals surface area contributed by atoms with E-state index in [0.29, 0.717) is 6.10 Å². The van der Waals surface area contributed by atoms with E-state index in [4.69, 9.17) is 10.5 Å². The van der Waals surface area contributed by atoms with Crippen molar-refractivity contribution < 1.29 is 4.74 Å². The lowest BCUT2D eigenvalue weighted by molar-refractivity contribution is 0.00335. The summed E-state index contributed by atoms with van der Waals surface area (Å²) < 4.78 is 5.71. The predicted molar refractivity (Wildman–Crippen MR) is 74.6 cm³/mol. The average Bonchev–Trinajstić information content (AvgIpc) is 2.78. The predicted octanol–water partition coefficient (Wildman–Crippen LogP) is 2.16. The molecule has 2 atom stereocenters. The quantitative estimate of drug-likeness (QED) is 0.890. The molecule has 0 saturated carbocycles. The fraction of sp³-hybridized carbons (Fsp3) is 0.769. The first-order valence-corrected chi connectivity index (χ1v) is 7.60. The van der Waals surface area contributed by atoms with Gasteiger partial charge in [0, 0.05) is 25.1 Å². The van der Waals surface area contributed by atoms with Crippen molar-refractivity contribution in [3.05, 3.63) is 16.1 Å². The highest BCUT2D eigenvalue weighted by molar-refractivity contribution is 7.09. The minimum absolute atomic E-state index is 0.0429. The van der Waals surface area contributed by atoms with Gasteiger partial charge in [-0.1, -0.05) is 0 Å². The fourth-order valence-corrected chi connectivity index (χ4v) is 3.13. The number of nitrogens with zero attached hydrogens (tertiary/aromatic N) is 2. The second-order valence-electron chi connectivity index (χ2n) is 4.92. The highest BCUT2D eigenvalue weighted by atomic mass is 32.1. The van der Waals surface area contributed by atoms with Crippen LogP contribution in [0.5, 0.6) is 0 Å². The normalized spacial score (nSPS) is 23.2. The van der Waals surface area contributed by atoms with E-state index in [2.05, 4.69) is 22.2 Å². The van der Waals surface area contributed by atoms with Gasteiger partial charge in [0.15, 0.2) is 0 Å². The number of likely N-dealkylation sites (tertiary alicyclic amines) is 1. The van der Waals surface area contributed by atoms with Crippen molar-refractivity contribution in [2.24, 2.45) is 5.73 Å². The van der Waals surface area contributed by atoms with E-state index >= 15 is 0 Å². The third-order valence-electron chi connectivity index (χ3n) is 3.21. The molecule has 0 radical (unpaired) electrons. The Kier molecular flexibility index (Phi) is 5.12. The van der Waals surface area contributed by atoms with Gasteiger partial charge in [0.1, 0.15) is 5.01 Å². The van der Waals surface area contributed by atoms with Gasteiger partial charge in [-0.3, -0.25) is 4.90 Å². The van der Waals surface area contributed by atoms with Crippen LogP contribution < -0.4 is 5.73 Å². The lowest BCUT2D eigenvalue weighted by Crippen LogP contribution is -2.39. The number of hydrogen-bond donors (Lipinski definition) is 1. The lowest BCUT2D eigenvalue weighted by atomic mass is 10.1. The summed E-state index contributed by atoms with van der Waals surface area (Å²) in [5.41, 5.74) is 6.98. The van der Waals surface area contributed by atoms with Crippen LogP contribution in [0, 0.1) is 0 Å². The minimum Gasteiger partial charge on any atom is -0.377 e. The van der Waals surface area contributed by atoms with Crippen LogP contribution in [0.4, 0.5) is 0 Å². The van der Waals surface area contributed by atoms with E-state index in [1.165, 1.54) is 12.8 Å². The van der Waals surface area contributed by atoms with Crippen molar-refractivity contribution >= 4 is 11.3 Å².